The lowest BCUT2D eigenvalue weighted by Gasteiger charge is -2.21. The Morgan fingerprint density at radius 2 is 0.592 bits per heavy atom. The normalized spacial score (nSPS) is 14.4. The van der Waals surface area contributed by atoms with Gasteiger partial charge >= 0.3 is 39.5 Å². The number of phosphoric ester groups is 2. The molecule has 0 saturated carbocycles. The van der Waals surface area contributed by atoms with Gasteiger partial charge in [-0.05, 0) is 77.0 Å². The SMILES string of the molecule is CC/C=C\C/C=C\C/C=C\C/C=C\C/C=C\CC(=O)OCC(COP(=O)(O)OCC(O)COP(=O)(O)OCC(COC(=O)CCCCCCCCCCCCCCCCC)OC(=O)CCCCCCC/C=C\C/C=C\CCC)OC(=O)CCCCCCCCCCCCCCCCC. The molecule has 0 saturated heterocycles. The van der Waals surface area contributed by atoms with Gasteiger partial charge in [0.05, 0.1) is 32.8 Å². The van der Waals surface area contributed by atoms with Gasteiger partial charge < -0.3 is 33.8 Å². The first kappa shape index (κ1) is 94.2. The molecule has 0 heterocycles. The van der Waals surface area contributed by atoms with E-state index in [2.05, 4.69) is 88.5 Å². The van der Waals surface area contributed by atoms with Crippen molar-refractivity contribution in [3.05, 3.63) is 85.1 Å². The van der Waals surface area contributed by atoms with E-state index in [4.69, 9.17) is 37.0 Å². The van der Waals surface area contributed by atoms with Crippen LogP contribution in [-0.4, -0.2) is 96.7 Å². The number of hydrogen-bond acceptors (Lipinski definition) is 15. The zero-order valence-corrected chi connectivity index (χ0v) is 63.7. The van der Waals surface area contributed by atoms with E-state index in [1.165, 1.54) is 135 Å². The van der Waals surface area contributed by atoms with Gasteiger partial charge in [0.25, 0.3) is 0 Å². The highest BCUT2D eigenvalue weighted by Crippen LogP contribution is 2.45. The number of phosphoric acid groups is 2. The monoisotopic (exact) mass is 1420 g/mol. The number of esters is 4. The molecule has 0 rings (SSSR count). The van der Waals surface area contributed by atoms with Gasteiger partial charge in [-0.15, -0.1) is 0 Å². The number of ether oxygens (including phenoxy) is 4. The summed E-state index contributed by atoms with van der Waals surface area (Å²) in [5, 5.41) is 10.6. The fourth-order valence-electron chi connectivity index (χ4n) is 10.5. The van der Waals surface area contributed by atoms with Crippen molar-refractivity contribution < 1.29 is 80.2 Å². The Morgan fingerprint density at radius 1 is 0.306 bits per heavy atom. The van der Waals surface area contributed by atoms with E-state index in [0.717, 1.165) is 122 Å². The molecule has 0 spiro atoms. The molecule has 3 N–H and O–H groups in total. The van der Waals surface area contributed by atoms with E-state index >= 15 is 0 Å². The Morgan fingerprint density at radius 3 is 0.949 bits per heavy atom. The lowest BCUT2D eigenvalue weighted by molar-refractivity contribution is -0.161. The zero-order valence-electron chi connectivity index (χ0n) is 62.0. The molecule has 5 atom stereocenters. The van der Waals surface area contributed by atoms with Gasteiger partial charge in [0.15, 0.2) is 12.2 Å². The third-order valence-corrected chi connectivity index (χ3v) is 18.3. The maximum atomic E-state index is 13.1. The summed E-state index contributed by atoms with van der Waals surface area (Å²) in [5.41, 5.74) is 0. The van der Waals surface area contributed by atoms with E-state index < -0.39 is 97.5 Å². The minimum Gasteiger partial charge on any atom is -0.462 e. The first-order valence-corrected chi connectivity index (χ1v) is 41.8. The highest BCUT2D eigenvalue weighted by atomic mass is 31.2. The van der Waals surface area contributed by atoms with Crippen molar-refractivity contribution in [1.82, 2.24) is 0 Å². The van der Waals surface area contributed by atoms with Crippen LogP contribution in [-0.2, 0) is 65.4 Å². The second-order valence-electron chi connectivity index (χ2n) is 25.9. The molecule has 0 aliphatic rings. The Kier molecular flexibility index (Phi) is 68.9. The highest BCUT2D eigenvalue weighted by molar-refractivity contribution is 7.47. The molecule has 0 radical (unpaired) electrons. The van der Waals surface area contributed by atoms with Crippen LogP contribution in [0.5, 0.6) is 0 Å². The van der Waals surface area contributed by atoms with Gasteiger partial charge in [-0.25, -0.2) is 9.13 Å². The molecule has 0 aliphatic carbocycles. The second-order valence-corrected chi connectivity index (χ2v) is 28.9. The number of unbranched alkanes of at least 4 members (excludes halogenated alkanes) is 34. The number of rotatable bonds is 73. The zero-order chi connectivity index (χ0) is 71.8. The average Bonchev–Trinajstić information content (AvgIpc) is 1.04. The number of carbonyl (C=O) groups excluding carboxylic acids is 4. The molecule has 17 nitrogen and oxygen atoms in total. The molecule has 0 aliphatic heterocycles. The van der Waals surface area contributed by atoms with E-state index in [1.807, 2.05) is 18.2 Å². The molecule has 5 unspecified atom stereocenters. The molecule has 0 aromatic heterocycles. The van der Waals surface area contributed by atoms with Crippen LogP contribution in [0.3, 0.4) is 0 Å². The maximum Gasteiger partial charge on any atom is 0.472 e. The number of aliphatic hydroxyl groups is 1. The number of aliphatic hydroxyl groups excluding tert-OH is 1. The van der Waals surface area contributed by atoms with Crippen LogP contribution in [0, 0.1) is 0 Å². The van der Waals surface area contributed by atoms with Gasteiger partial charge in [-0.1, -0.05) is 318 Å². The van der Waals surface area contributed by atoms with Crippen LogP contribution in [0.15, 0.2) is 85.1 Å². The minimum absolute atomic E-state index is 0.0677. The molecule has 98 heavy (non-hydrogen) atoms. The van der Waals surface area contributed by atoms with Crippen molar-refractivity contribution in [2.45, 2.75) is 354 Å². The van der Waals surface area contributed by atoms with E-state index in [-0.39, 0.29) is 25.7 Å². The summed E-state index contributed by atoms with van der Waals surface area (Å²) >= 11 is 0. The summed E-state index contributed by atoms with van der Waals surface area (Å²) in [6.45, 7) is 4.62. The molecule has 19 heteroatoms. The fraction of sp³-hybridized carbons (Fsp3) is 0.772. The predicted octanol–water partition coefficient (Wildman–Crippen LogP) is 22.2. The van der Waals surface area contributed by atoms with E-state index in [9.17, 15) is 43.2 Å². The van der Waals surface area contributed by atoms with Crippen LogP contribution in [0.4, 0.5) is 0 Å². The molecular weight excluding hydrogens is 1280 g/mol. The van der Waals surface area contributed by atoms with Crippen molar-refractivity contribution in [3.8, 4) is 0 Å². The molecule has 0 amide bonds. The van der Waals surface area contributed by atoms with Crippen LogP contribution in [0.25, 0.3) is 0 Å². The van der Waals surface area contributed by atoms with Crippen LogP contribution in [0.1, 0.15) is 336 Å². The van der Waals surface area contributed by atoms with Crippen LogP contribution in [0.2, 0.25) is 0 Å². The summed E-state index contributed by atoms with van der Waals surface area (Å²) in [4.78, 5) is 72.8. The lowest BCUT2D eigenvalue weighted by Crippen LogP contribution is -2.30. The Balaban J connectivity index is 5.38. The van der Waals surface area contributed by atoms with Gasteiger partial charge in [0, 0.05) is 19.3 Å². The summed E-state index contributed by atoms with van der Waals surface area (Å²) in [5.74, 6) is -2.31. The summed E-state index contributed by atoms with van der Waals surface area (Å²) in [6, 6.07) is 0. The molecule has 0 aromatic rings. The van der Waals surface area contributed by atoms with Gasteiger partial charge in [-0.3, -0.25) is 37.3 Å². The van der Waals surface area contributed by atoms with Gasteiger partial charge in [-0.2, -0.15) is 0 Å². The Hall–Kier alpha value is -3.76. The van der Waals surface area contributed by atoms with Gasteiger partial charge in [0.1, 0.15) is 19.3 Å². The Labute approximate surface area is 595 Å². The van der Waals surface area contributed by atoms with Crippen molar-refractivity contribution >= 4 is 39.5 Å². The second kappa shape index (κ2) is 71.6. The average molecular weight is 1420 g/mol. The van der Waals surface area contributed by atoms with Gasteiger partial charge in [0.2, 0.25) is 0 Å². The van der Waals surface area contributed by atoms with Crippen LogP contribution < -0.4 is 0 Å². The fourth-order valence-corrected chi connectivity index (χ4v) is 12.1. The minimum atomic E-state index is -4.99. The Bertz CT molecular complexity index is 2190. The third kappa shape index (κ3) is 70.7. The van der Waals surface area contributed by atoms with E-state index in [1.54, 1.807) is 6.08 Å². The molecule has 568 valence electrons. The van der Waals surface area contributed by atoms with Crippen molar-refractivity contribution in [2.75, 3.05) is 39.6 Å². The summed E-state index contributed by atoms with van der Waals surface area (Å²) < 4.78 is 68.4. The number of hydrogen-bond donors (Lipinski definition) is 3. The third-order valence-electron chi connectivity index (χ3n) is 16.4. The van der Waals surface area contributed by atoms with E-state index in [0.29, 0.717) is 25.7 Å². The summed E-state index contributed by atoms with van der Waals surface area (Å²) in [6.07, 6.45) is 73.1. The molecule has 0 bridgehead atoms. The number of allylic oxidation sites excluding steroid dienone is 13. The lowest BCUT2D eigenvalue weighted by atomic mass is 10.0. The van der Waals surface area contributed by atoms with Crippen molar-refractivity contribution in [1.29, 1.82) is 0 Å². The smallest absolute Gasteiger partial charge is 0.462 e. The largest absolute Gasteiger partial charge is 0.472 e. The van der Waals surface area contributed by atoms with Crippen molar-refractivity contribution in [2.24, 2.45) is 0 Å². The first-order valence-electron chi connectivity index (χ1n) is 38.8. The first-order chi connectivity index (χ1) is 47.7. The summed E-state index contributed by atoms with van der Waals surface area (Å²) in [7, 11) is -9.97. The quantitative estimate of drug-likeness (QED) is 0.0169. The van der Waals surface area contributed by atoms with Crippen LogP contribution >= 0.6 is 15.6 Å². The molecular formula is C79H140O17P2. The topological polar surface area (TPSA) is 237 Å². The molecule has 0 aromatic carbocycles. The standard InChI is InChI=1S/C79H140O17P2/c1-5-9-13-17-21-25-29-33-36-40-43-47-51-55-59-63-76(81)89-69-74(95-78(83)65-61-57-53-49-45-39-32-28-24-20-16-12-8-4)71-93-97(85,86)91-67-73(80)68-92-98(87,88)94-72-75(96-79(84)66-62-58-54-50-46-42-38-35-31-27-23-19-15-11-7-3)70-90-77(82)64-60-56-52-48-44-41-37-34-30-26-22-18-14-10-6-2/h10,14,16,20,22,26,28,32,34,37,44,48,56,60,73-75,80H,5-9,11-13,15,17-19,21,23-25,27,29-31,33,35-36,38-43,45-47,49-55,57-59,61-72H2,1-4H3,(H,85,86)(H,87,88)/b14-10-,20-16-,26-22-,32-28-,37-34-,48-44-,60-56-. The molecule has 0 fully saturated rings. The maximum absolute atomic E-state index is 13.1. The van der Waals surface area contributed by atoms with Crippen molar-refractivity contribution in [3.63, 3.8) is 0 Å². The number of carbonyl (C=O) groups is 4. The highest BCUT2D eigenvalue weighted by Gasteiger charge is 2.30. The predicted molar refractivity (Wildman–Crippen MR) is 399 cm³/mol.